The molecule has 0 saturated carbocycles. The van der Waals surface area contributed by atoms with Crippen LogP contribution in [0, 0.1) is 5.82 Å². The molecule has 6 heteroatoms. The van der Waals surface area contributed by atoms with Gasteiger partial charge in [-0.2, -0.15) is 0 Å². The molecule has 0 aliphatic heterocycles. The zero-order valence-corrected chi connectivity index (χ0v) is 11.2. The molecule has 1 amide bonds. The molecule has 0 unspecified atom stereocenters. The van der Waals surface area contributed by atoms with Crippen molar-refractivity contribution in [2.45, 2.75) is 19.8 Å². The van der Waals surface area contributed by atoms with Crippen molar-refractivity contribution in [3.05, 3.63) is 46.6 Å². The van der Waals surface area contributed by atoms with Crippen LogP contribution in [0.1, 0.15) is 36.0 Å². The molecule has 0 fully saturated rings. The van der Waals surface area contributed by atoms with E-state index in [0.717, 1.165) is 0 Å². The predicted molar refractivity (Wildman–Crippen MR) is 70.0 cm³/mol. The van der Waals surface area contributed by atoms with Crippen molar-refractivity contribution in [2.75, 3.05) is 5.32 Å². The van der Waals surface area contributed by atoms with E-state index < -0.39 is 11.7 Å². The van der Waals surface area contributed by atoms with E-state index in [-0.39, 0.29) is 22.3 Å². The normalized spacial score (nSPS) is 10.8. The molecule has 0 aliphatic carbocycles. The van der Waals surface area contributed by atoms with Gasteiger partial charge in [0.05, 0.1) is 10.7 Å². The van der Waals surface area contributed by atoms with Crippen LogP contribution in [0.3, 0.4) is 0 Å². The van der Waals surface area contributed by atoms with Gasteiger partial charge >= 0.3 is 0 Å². The molecule has 0 radical (unpaired) electrons. The maximum Gasteiger partial charge on any atom is 0.277 e. The molecule has 0 atom stereocenters. The van der Waals surface area contributed by atoms with Gasteiger partial charge < -0.3 is 9.84 Å². The van der Waals surface area contributed by atoms with Gasteiger partial charge in [-0.15, -0.1) is 0 Å². The monoisotopic (exact) mass is 282 g/mol. The number of carbonyl (C=O) groups excluding carboxylic acids is 1. The Morgan fingerprint density at radius 1 is 1.47 bits per heavy atom. The number of rotatable bonds is 3. The van der Waals surface area contributed by atoms with Crippen molar-refractivity contribution < 1.29 is 13.7 Å². The van der Waals surface area contributed by atoms with Crippen LogP contribution in [0.2, 0.25) is 5.02 Å². The number of aromatic nitrogens is 1. The highest BCUT2D eigenvalue weighted by atomic mass is 35.5. The van der Waals surface area contributed by atoms with Gasteiger partial charge in [0.1, 0.15) is 11.6 Å². The molecule has 100 valence electrons. The SMILES string of the molecule is CC(C)c1cc(C(=O)Nc2cccc(F)c2Cl)no1. The third kappa shape index (κ3) is 2.93. The van der Waals surface area contributed by atoms with Gasteiger partial charge in [0, 0.05) is 12.0 Å². The highest BCUT2D eigenvalue weighted by Gasteiger charge is 2.16. The van der Waals surface area contributed by atoms with Gasteiger partial charge in [-0.05, 0) is 12.1 Å². The summed E-state index contributed by atoms with van der Waals surface area (Å²) < 4.78 is 18.2. The lowest BCUT2D eigenvalue weighted by Crippen LogP contribution is -2.12. The summed E-state index contributed by atoms with van der Waals surface area (Å²) in [4.78, 5) is 11.9. The van der Waals surface area contributed by atoms with E-state index in [1.54, 1.807) is 6.07 Å². The van der Waals surface area contributed by atoms with Crippen molar-refractivity contribution in [1.29, 1.82) is 0 Å². The molecule has 4 nitrogen and oxygen atoms in total. The standard InChI is InChI=1S/C13H12ClFN2O2/c1-7(2)11-6-10(17-19-11)13(18)16-9-5-3-4-8(15)12(9)14/h3-7H,1-2H3,(H,16,18). The van der Waals surface area contributed by atoms with E-state index in [0.29, 0.717) is 5.76 Å². The van der Waals surface area contributed by atoms with Gasteiger partial charge in [0.15, 0.2) is 5.69 Å². The van der Waals surface area contributed by atoms with E-state index in [9.17, 15) is 9.18 Å². The molecule has 0 saturated heterocycles. The summed E-state index contributed by atoms with van der Waals surface area (Å²) in [6, 6.07) is 5.73. The van der Waals surface area contributed by atoms with Crippen molar-refractivity contribution in [3.63, 3.8) is 0 Å². The lowest BCUT2D eigenvalue weighted by atomic mass is 10.1. The van der Waals surface area contributed by atoms with Crippen molar-refractivity contribution >= 4 is 23.2 Å². The van der Waals surface area contributed by atoms with Gasteiger partial charge in [-0.1, -0.05) is 36.7 Å². The Labute approximate surface area is 114 Å². The minimum absolute atomic E-state index is 0.129. The Morgan fingerprint density at radius 3 is 2.84 bits per heavy atom. The van der Waals surface area contributed by atoms with Crippen LogP contribution in [-0.4, -0.2) is 11.1 Å². The van der Waals surface area contributed by atoms with Gasteiger partial charge in [-0.3, -0.25) is 4.79 Å². The number of benzene rings is 1. The highest BCUT2D eigenvalue weighted by Crippen LogP contribution is 2.25. The van der Waals surface area contributed by atoms with E-state index in [1.807, 2.05) is 13.8 Å². The second kappa shape index (κ2) is 5.40. The van der Waals surface area contributed by atoms with Gasteiger partial charge in [-0.25, -0.2) is 4.39 Å². The fraction of sp³-hybridized carbons (Fsp3) is 0.231. The molecular weight excluding hydrogens is 271 g/mol. The van der Waals surface area contributed by atoms with E-state index >= 15 is 0 Å². The summed E-state index contributed by atoms with van der Waals surface area (Å²) in [5.74, 6) is -0.354. The molecular formula is C13H12ClFN2O2. The number of amides is 1. The minimum Gasteiger partial charge on any atom is -0.360 e. The zero-order valence-electron chi connectivity index (χ0n) is 10.4. The number of halogens is 2. The number of carbonyl (C=O) groups is 1. The van der Waals surface area contributed by atoms with Gasteiger partial charge in [0.2, 0.25) is 0 Å². The Bertz CT molecular complexity index is 610. The summed E-state index contributed by atoms with van der Waals surface area (Å²) in [6.07, 6.45) is 0. The molecule has 1 aromatic carbocycles. The van der Waals surface area contributed by atoms with Crippen LogP contribution in [0.15, 0.2) is 28.8 Å². The van der Waals surface area contributed by atoms with Crippen LogP contribution in [0.5, 0.6) is 0 Å². The van der Waals surface area contributed by atoms with Crippen molar-refractivity contribution in [1.82, 2.24) is 5.16 Å². The Kier molecular flexibility index (Phi) is 3.85. The van der Waals surface area contributed by atoms with E-state index in [1.165, 1.54) is 18.2 Å². The summed E-state index contributed by atoms with van der Waals surface area (Å²) in [7, 11) is 0. The average molecular weight is 283 g/mol. The topological polar surface area (TPSA) is 55.1 Å². The highest BCUT2D eigenvalue weighted by molar-refractivity contribution is 6.34. The van der Waals surface area contributed by atoms with Crippen molar-refractivity contribution in [3.8, 4) is 0 Å². The predicted octanol–water partition coefficient (Wildman–Crippen LogP) is 3.84. The molecule has 1 heterocycles. The summed E-state index contributed by atoms with van der Waals surface area (Å²) in [6.45, 7) is 3.84. The third-order valence-electron chi connectivity index (χ3n) is 2.53. The van der Waals surface area contributed by atoms with E-state index in [2.05, 4.69) is 10.5 Å². The largest absolute Gasteiger partial charge is 0.360 e. The molecule has 0 aliphatic rings. The second-order valence-corrected chi connectivity index (χ2v) is 4.70. The van der Waals surface area contributed by atoms with Crippen LogP contribution >= 0.6 is 11.6 Å². The maximum absolute atomic E-state index is 13.2. The molecule has 2 rings (SSSR count). The Hall–Kier alpha value is -1.88. The molecule has 1 N–H and O–H groups in total. The third-order valence-corrected chi connectivity index (χ3v) is 2.91. The first-order chi connectivity index (χ1) is 8.99. The summed E-state index contributed by atoms with van der Waals surface area (Å²) >= 11 is 5.75. The zero-order chi connectivity index (χ0) is 14.0. The lowest BCUT2D eigenvalue weighted by Gasteiger charge is -2.05. The van der Waals surface area contributed by atoms with E-state index in [4.69, 9.17) is 16.1 Å². The molecule has 1 aromatic heterocycles. The van der Waals surface area contributed by atoms with Crippen LogP contribution in [-0.2, 0) is 0 Å². The minimum atomic E-state index is -0.595. The smallest absolute Gasteiger partial charge is 0.277 e. The maximum atomic E-state index is 13.2. The van der Waals surface area contributed by atoms with Crippen LogP contribution in [0.4, 0.5) is 10.1 Å². The molecule has 0 bridgehead atoms. The Balaban J connectivity index is 2.18. The number of hydrogen-bond acceptors (Lipinski definition) is 3. The van der Waals surface area contributed by atoms with Crippen molar-refractivity contribution in [2.24, 2.45) is 0 Å². The summed E-state index contributed by atoms with van der Waals surface area (Å²) in [5, 5.41) is 6.01. The number of nitrogens with one attached hydrogen (secondary N) is 1. The Morgan fingerprint density at radius 2 is 2.21 bits per heavy atom. The quantitative estimate of drug-likeness (QED) is 0.930. The molecule has 0 spiro atoms. The second-order valence-electron chi connectivity index (χ2n) is 4.32. The summed E-state index contributed by atoms with van der Waals surface area (Å²) in [5.41, 5.74) is 0.324. The first-order valence-corrected chi connectivity index (χ1v) is 6.09. The van der Waals surface area contributed by atoms with Gasteiger partial charge in [0.25, 0.3) is 5.91 Å². The molecule has 19 heavy (non-hydrogen) atoms. The first-order valence-electron chi connectivity index (χ1n) is 5.71. The fourth-order valence-corrected chi connectivity index (χ4v) is 1.63. The molecule has 2 aromatic rings. The average Bonchev–Trinajstić information content (AvgIpc) is 2.84. The number of hydrogen-bond donors (Lipinski definition) is 1. The fourth-order valence-electron chi connectivity index (χ4n) is 1.46. The lowest BCUT2D eigenvalue weighted by molar-refractivity contribution is 0.101. The number of nitrogens with zero attached hydrogens (tertiary/aromatic N) is 1. The number of anilines is 1. The van der Waals surface area contributed by atoms with Crippen LogP contribution in [0.25, 0.3) is 0 Å². The van der Waals surface area contributed by atoms with Crippen LogP contribution < -0.4 is 5.32 Å². The first kappa shape index (κ1) is 13.5.